The van der Waals surface area contributed by atoms with Crippen molar-refractivity contribution in [2.45, 2.75) is 6.92 Å². The lowest BCUT2D eigenvalue weighted by molar-refractivity contribution is -0.118. The summed E-state index contributed by atoms with van der Waals surface area (Å²) in [5.41, 5.74) is 2.34. The fraction of sp³-hybridized carbons (Fsp3) is 0.158. The molecule has 2 aromatic carbocycles. The molecule has 0 radical (unpaired) electrons. The number of aromatic nitrogens is 1. The number of pyridine rings is 1. The highest BCUT2D eigenvalue weighted by molar-refractivity contribution is 9.10. The fourth-order valence-corrected chi connectivity index (χ4v) is 3.14. The monoisotopic (exact) mass is 400 g/mol. The number of carbonyl (C=O) groups excluding carboxylic acids is 1. The van der Waals surface area contributed by atoms with Crippen LogP contribution in [0.3, 0.4) is 0 Å². The van der Waals surface area contributed by atoms with E-state index in [1.54, 1.807) is 11.6 Å². The Balaban J connectivity index is 1.77. The number of hydrogen-bond acceptors (Lipinski definition) is 3. The van der Waals surface area contributed by atoms with Gasteiger partial charge >= 0.3 is 0 Å². The van der Waals surface area contributed by atoms with E-state index >= 15 is 0 Å². The van der Waals surface area contributed by atoms with Crippen molar-refractivity contribution in [3.63, 3.8) is 0 Å². The van der Waals surface area contributed by atoms with Gasteiger partial charge in [0.05, 0.1) is 11.2 Å². The zero-order chi connectivity index (χ0) is 18.0. The van der Waals surface area contributed by atoms with E-state index in [0.29, 0.717) is 11.4 Å². The minimum absolute atomic E-state index is 0.183. The van der Waals surface area contributed by atoms with Crippen LogP contribution < -0.4 is 15.6 Å². The molecule has 0 bridgehead atoms. The average Bonchev–Trinajstić information content (AvgIpc) is 2.59. The first-order chi connectivity index (χ1) is 12.0. The second-order valence-corrected chi connectivity index (χ2v) is 6.60. The van der Waals surface area contributed by atoms with Gasteiger partial charge in [0.1, 0.15) is 5.75 Å². The van der Waals surface area contributed by atoms with Crippen LogP contribution in [0.2, 0.25) is 0 Å². The van der Waals surface area contributed by atoms with E-state index in [0.717, 1.165) is 20.9 Å². The highest BCUT2D eigenvalue weighted by atomic mass is 79.9. The van der Waals surface area contributed by atoms with E-state index in [1.807, 2.05) is 49.4 Å². The number of rotatable bonds is 4. The standard InChI is InChI=1S/C19H17BrN2O3/c1-12-7-8-15(14(20)9-12)21-18(23)11-25-17-10-19(24)22(2)16-6-4-3-5-13(16)17/h3-10H,11H2,1-2H3,(H,21,23). The van der Waals surface area contributed by atoms with Crippen molar-refractivity contribution in [3.8, 4) is 5.75 Å². The number of para-hydroxylation sites is 1. The molecule has 3 rings (SSSR count). The van der Waals surface area contributed by atoms with Crippen LogP contribution in [-0.4, -0.2) is 17.1 Å². The Bertz CT molecular complexity index is 1010. The Hall–Kier alpha value is -2.60. The van der Waals surface area contributed by atoms with Gasteiger partial charge in [-0.15, -0.1) is 0 Å². The van der Waals surface area contributed by atoms with Crippen LogP contribution in [0, 0.1) is 6.92 Å². The third-order valence-corrected chi connectivity index (χ3v) is 4.53. The number of hydrogen-bond donors (Lipinski definition) is 1. The molecule has 3 aromatic rings. The summed E-state index contributed by atoms with van der Waals surface area (Å²) in [6.45, 7) is 1.79. The molecule has 0 aliphatic heterocycles. The number of nitrogens with zero attached hydrogens (tertiary/aromatic N) is 1. The number of aryl methyl sites for hydroxylation is 2. The van der Waals surface area contributed by atoms with Crippen LogP contribution in [-0.2, 0) is 11.8 Å². The molecule has 1 amide bonds. The Morgan fingerprint density at radius 3 is 2.72 bits per heavy atom. The molecule has 0 unspecified atom stereocenters. The van der Waals surface area contributed by atoms with Gasteiger partial charge in [-0.3, -0.25) is 9.59 Å². The first-order valence-electron chi connectivity index (χ1n) is 7.73. The molecule has 1 N–H and O–H groups in total. The van der Waals surface area contributed by atoms with Crippen molar-refractivity contribution in [1.29, 1.82) is 0 Å². The lowest BCUT2D eigenvalue weighted by atomic mass is 10.2. The van der Waals surface area contributed by atoms with Crippen molar-refractivity contribution in [3.05, 3.63) is 68.9 Å². The first-order valence-corrected chi connectivity index (χ1v) is 8.52. The average molecular weight is 401 g/mol. The number of halogens is 1. The van der Waals surface area contributed by atoms with Crippen LogP contribution in [0.1, 0.15) is 5.56 Å². The first kappa shape index (κ1) is 17.2. The largest absolute Gasteiger partial charge is 0.483 e. The molecule has 1 heterocycles. The summed E-state index contributed by atoms with van der Waals surface area (Å²) < 4.78 is 7.96. The Labute approximate surface area is 153 Å². The number of ether oxygens (including phenoxy) is 1. The van der Waals surface area contributed by atoms with Gasteiger partial charge < -0.3 is 14.6 Å². The lowest BCUT2D eigenvalue weighted by Crippen LogP contribution is -2.22. The summed E-state index contributed by atoms with van der Waals surface area (Å²) in [5, 5.41) is 3.57. The molecule has 0 fully saturated rings. The summed E-state index contributed by atoms with van der Waals surface area (Å²) >= 11 is 3.42. The van der Waals surface area contributed by atoms with Crippen molar-refractivity contribution in [2.75, 3.05) is 11.9 Å². The predicted octanol–water partition coefficient (Wildman–Crippen LogP) is 3.63. The molecule has 1 aromatic heterocycles. The van der Waals surface area contributed by atoms with E-state index in [9.17, 15) is 9.59 Å². The number of fused-ring (bicyclic) bond motifs is 1. The van der Waals surface area contributed by atoms with Crippen molar-refractivity contribution < 1.29 is 9.53 Å². The maximum Gasteiger partial charge on any atom is 0.262 e. The maximum atomic E-state index is 12.2. The number of amides is 1. The summed E-state index contributed by atoms with van der Waals surface area (Å²) in [5.74, 6) is 0.103. The topological polar surface area (TPSA) is 60.3 Å². The van der Waals surface area contributed by atoms with E-state index in [1.165, 1.54) is 6.07 Å². The predicted molar refractivity (Wildman–Crippen MR) is 102 cm³/mol. The summed E-state index contributed by atoms with van der Waals surface area (Å²) in [7, 11) is 1.70. The highest BCUT2D eigenvalue weighted by Gasteiger charge is 2.10. The van der Waals surface area contributed by atoms with Gasteiger partial charge in [0.25, 0.3) is 11.5 Å². The normalized spacial score (nSPS) is 10.7. The second-order valence-electron chi connectivity index (χ2n) is 5.74. The van der Waals surface area contributed by atoms with E-state index in [-0.39, 0.29) is 18.1 Å². The number of carbonyl (C=O) groups is 1. The van der Waals surface area contributed by atoms with Gasteiger partial charge in [0, 0.05) is 23.0 Å². The molecular formula is C19H17BrN2O3. The summed E-state index contributed by atoms with van der Waals surface area (Å²) in [6.07, 6.45) is 0. The quantitative estimate of drug-likeness (QED) is 0.727. The van der Waals surface area contributed by atoms with Gasteiger partial charge in [-0.1, -0.05) is 18.2 Å². The van der Waals surface area contributed by atoms with E-state index in [2.05, 4.69) is 21.2 Å². The van der Waals surface area contributed by atoms with Crippen LogP contribution in [0.4, 0.5) is 5.69 Å². The van der Waals surface area contributed by atoms with Crippen LogP contribution in [0.25, 0.3) is 10.9 Å². The van der Waals surface area contributed by atoms with E-state index in [4.69, 9.17) is 4.74 Å². The van der Waals surface area contributed by atoms with Crippen LogP contribution in [0.5, 0.6) is 5.75 Å². The van der Waals surface area contributed by atoms with Gasteiger partial charge in [0.2, 0.25) is 0 Å². The molecule has 0 spiro atoms. The molecular weight excluding hydrogens is 384 g/mol. The van der Waals surface area contributed by atoms with Crippen molar-refractivity contribution >= 4 is 38.4 Å². The number of nitrogens with one attached hydrogen (secondary N) is 1. The van der Waals surface area contributed by atoms with Gasteiger partial charge in [-0.2, -0.15) is 0 Å². The molecule has 5 nitrogen and oxygen atoms in total. The molecule has 25 heavy (non-hydrogen) atoms. The van der Waals surface area contributed by atoms with Crippen molar-refractivity contribution in [2.24, 2.45) is 7.05 Å². The molecule has 128 valence electrons. The van der Waals surface area contributed by atoms with Gasteiger partial charge in [0.15, 0.2) is 6.61 Å². The summed E-state index contributed by atoms with van der Waals surface area (Å²) in [6, 6.07) is 14.5. The molecule has 0 saturated carbocycles. The highest BCUT2D eigenvalue weighted by Crippen LogP contribution is 2.24. The third-order valence-electron chi connectivity index (χ3n) is 3.87. The zero-order valence-electron chi connectivity index (χ0n) is 13.9. The minimum atomic E-state index is -0.297. The maximum absolute atomic E-state index is 12.2. The smallest absolute Gasteiger partial charge is 0.262 e. The number of anilines is 1. The Morgan fingerprint density at radius 1 is 1.20 bits per heavy atom. The van der Waals surface area contributed by atoms with Gasteiger partial charge in [-0.25, -0.2) is 0 Å². The van der Waals surface area contributed by atoms with E-state index < -0.39 is 0 Å². The minimum Gasteiger partial charge on any atom is -0.483 e. The van der Waals surface area contributed by atoms with Crippen LogP contribution in [0.15, 0.2) is 57.8 Å². The zero-order valence-corrected chi connectivity index (χ0v) is 15.5. The Morgan fingerprint density at radius 2 is 1.96 bits per heavy atom. The third kappa shape index (κ3) is 3.74. The fourth-order valence-electron chi connectivity index (χ4n) is 2.55. The Kier molecular flexibility index (Phi) is 4.90. The molecule has 6 heteroatoms. The van der Waals surface area contributed by atoms with Crippen LogP contribution >= 0.6 is 15.9 Å². The lowest BCUT2D eigenvalue weighted by Gasteiger charge is -2.12. The molecule has 0 atom stereocenters. The molecule has 0 aliphatic carbocycles. The molecule has 0 aliphatic rings. The number of benzene rings is 2. The van der Waals surface area contributed by atoms with Crippen molar-refractivity contribution in [1.82, 2.24) is 4.57 Å². The summed E-state index contributed by atoms with van der Waals surface area (Å²) in [4.78, 5) is 24.2. The SMILES string of the molecule is Cc1ccc(NC(=O)COc2cc(=O)n(C)c3ccccc23)c(Br)c1. The second kappa shape index (κ2) is 7.11. The van der Waals surface area contributed by atoms with Gasteiger partial charge in [-0.05, 0) is 52.7 Å². The molecule has 0 saturated heterocycles.